The predicted octanol–water partition coefficient (Wildman–Crippen LogP) is 3.56. The van der Waals surface area contributed by atoms with Gasteiger partial charge in [-0.1, -0.05) is 30.3 Å². The zero-order valence-corrected chi connectivity index (χ0v) is 12.8. The van der Waals surface area contributed by atoms with E-state index in [0.29, 0.717) is 12.0 Å². The second kappa shape index (κ2) is 6.72. The Balaban J connectivity index is 2.08. The van der Waals surface area contributed by atoms with E-state index >= 15 is 0 Å². The van der Waals surface area contributed by atoms with Crippen LogP contribution >= 0.6 is 0 Å². The highest BCUT2D eigenvalue weighted by molar-refractivity contribution is 5.33. The van der Waals surface area contributed by atoms with Gasteiger partial charge in [-0.15, -0.1) is 0 Å². The number of ether oxygens (including phenoxy) is 1. The van der Waals surface area contributed by atoms with Crippen molar-refractivity contribution < 1.29 is 9.13 Å². The highest BCUT2D eigenvalue weighted by Gasteiger charge is 2.12. The summed E-state index contributed by atoms with van der Waals surface area (Å²) in [4.78, 5) is 0. The van der Waals surface area contributed by atoms with Crippen LogP contribution in [0.5, 0.6) is 5.75 Å². The molecule has 21 heavy (non-hydrogen) atoms. The van der Waals surface area contributed by atoms with Crippen LogP contribution in [0.1, 0.15) is 22.3 Å². The van der Waals surface area contributed by atoms with E-state index < -0.39 is 0 Å². The maximum Gasteiger partial charge on any atom is 0.168 e. The quantitative estimate of drug-likeness (QED) is 0.912. The Bertz CT molecular complexity index is 625. The number of hydrogen-bond donors (Lipinski definition) is 1. The summed E-state index contributed by atoms with van der Waals surface area (Å²) < 4.78 is 19.1. The van der Waals surface area contributed by atoms with Crippen molar-refractivity contribution in [2.24, 2.45) is 5.73 Å². The molecule has 0 spiro atoms. The van der Waals surface area contributed by atoms with Crippen LogP contribution in [-0.2, 0) is 12.8 Å². The van der Waals surface area contributed by atoms with Crippen LogP contribution in [0.3, 0.4) is 0 Å². The average molecular weight is 287 g/mol. The molecule has 2 aromatic carbocycles. The van der Waals surface area contributed by atoms with Crippen molar-refractivity contribution in [1.29, 1.82) is 0 Å². The van der Waals surface area contributed by atoms with Gasteiger partial charge in [-0.05, 0) is 55.0 Å². The second-order valence-corrected chi connectivity index (χ2v) is 5.52. The SMILES string of the molecule is COc1cccc(CC(N)Cc2ccc(C)c(C)c2)c1F. The van der Waals surface area contributed by atoms with E-state index in [1.165, 1.54) is 23.8 Å². The largest absolute Gasteiger partial charge is 0.494 e. The number of benzene rings is 2. The summed E-state index contributed by atoms with van der Waals surface area (Å²) in [5.41, 5.74) is 10.5. The highest BCUT2D eigenvalue weighted by Crippen LogP contribution is 2.21. The lowest BCUT2D eigenvalue weighted by Gasteiger charge is -2.14. The van der Waals surface area contributed by atoms with Crippen molar-refractivity contribution in [3.8, 4) is 5.75 Å². The minimum absolute atomic E-state index is 0.117. The summed E-state index contributed by atoms with van der Waals surface area (Å²) in [5, 5.41) is 0. The molecule has 0 saturated heterocycles. The van der Waals surface area contributed by atoms with Gasteiger partial charge in [0, 0.05) is 6.04 Å². The van der Waals surface area contributed by atoms with Gasteiger partial charge in [0.25, 0.3) is 0 Å². The van der Waals surface area contributed by atoms with Crippen LogP contribution in [0.25, 0.3) is 0 Å². The van der Waals surface area contributed by atoms with Gasteiger partial charge in [0.15, 0.2) is 11.6 Å². The van der Waals surface area contributed by atoms with E-state index in [0.717, 1.165) is 6.42 Å². The van der Waals surface area contributed by atoms with Gasteiger partial charge < -0.3 is 10.5 Å². The lowest BCUT2D eigenvalue weighted by molar-refractivity contribution is 0.383. The molecule has 0 aliphatic carbocycles. The molecule has 2 rings (SSSR count). The average Bonchev–Trinajstić information content (AvgIpc) is 2.45. The van der Waals surface area contributed by atoms with Gasteiger partial charge in [0.2, 0.25) is 0 Å². The van der Waals surface area contributed by atoms with E-state index in [1.807, 2.05) is 0 Å². The molecule has 0 aromatic heterocycles. The van der Waals surface area contributed by atoms with Crippen molar-refractivity contribution in [2.45, 2.75) is 32.7 Å². The molecular formula is C18H22FNO. The van der Waals surface area contributed by atoms with E-state index in [1.54, 1.807) is 18.2 Å². The molecule has 0 bridgehead atoms. The summed E-state index contributed by atoms with van der Waals surface area (Å²) in [6, 6.07) is 11.4. The zero-order valence-electron chi connectivity index (χ0n) is 12.8. The molecule has 0 amide bonds. The Morgan fingerprint density at radius 3 is 2.52 bits per heavy atom. The predicted molar refractivity (Wildman–Crippen MR) is 84.3 cm³/mol. The number of halogens is 1. The summed E-state index contributed by atoms with van der Waals surface area (Å²) in [6.45, 7) is 4.18. The third-order valence-corrected chi connectivity index (χ3v) is 3.81. The first kappa shape index (κ1) is 15.5. The van der Waals surface area contributed by atoms with E-state index in [4.69, 9.17) is 10.5 Å². The molecule has 2 nitrogen and oxygen atoms in total. The van der Waals surface area contributed by atoms with Crippen LogP contribution in [-0.4, -0.2) is 13.2 Å². The van der Waals surface area contributed by atoms with Crippen LogP contribution in [0, 0.1) is 19.7 Å². The number of rotatable bonds is 5. The molecule has 0 heterocycles. The second-order valence-electron chi connectivity index (χ2n) is 5.52. The topological polar surface area (TPSA) is 35.2 Å². The molecule has 2 N–H and O–H groups in total. The van der Waals surface area contributed by atoms with Gasteiger partial charge in [0.1, 0.15) is 0 Å². The maximum atomic E-state index is 14.1. The molecule has 0 fully saturated rings. The third-order valence-electron chi connectivity index (χ3n) is 3.81. The smallest absolute Gasteiger partial charge is 0.168 e. The molecule has 0 saturated carbocycles. The molecule has 112 valence electrons. The highest BCUT2D eigenvalue weighted by atomic mass is 19.1. The molecule has 1 unspecified atom stereocenters. The lowest BCUT2D eigenvalue weighted by atomic mass is 9.97. The van der Waals surface area contributed by atoms with Gasteiger partial charge in [-0.2, -0.15) is 0 Å². The Hall–Kier alpha value is -1.87. The number of aryl methyl sites for hydroxylation is 2. The number of hydrogen-bond acceptors (Lipinski definition) is 2. The molecule has 1 atom stereocenters. The summed E-state index contributed by atoms with van der Waals surface area (Å²) in [5.74, 6) is -0.0404. The molecule has 0 aliphatic heterocycles. The first-order valence-electron chi connectivity index (χ1n) is 7.14. The van der Waals surface area contributed by atoms with Crippen molar-refractivity contribution in [3.05, 3.63) is 64.5 Å². The molecule has 0 aliphatic rings. The standard InChI is InChI=1S/C18H22FNO/c1-12-7-8-14(9-13(12)2)10-16(20)11-15-5-4-6-17(21-3)18(15)19/h4-9,16H,10-11,20H2,1-3H3. The minimum atomic E-state index is -0.310. The van der Waals surface area contributed by atoms with E-state index in [-0.39, 0.29) is 17.6 Å². The Kier molecular flexibility index (Phi) is 4.97. The van der Waals surface area contributed by atoms with Crippen molar-refractivity contribution >= 4 is 0 Å². The summed E-state index contributed by atoms with van der Waals surface area (Å²) in [6.07, 6.45) is 1.23. The van der Waals surface area contributed by atoms with Gasteiger partial charge in [-0.25, -0.2) is 4.39 Å². The number of methoxy groups -OCH3 is 1. The van der Waals surface area contributed by atoms with E-state index in [9.17, 15) is 4.39 Å². The fraction of sp³-hybridized carbons (Fsp3) is 0.333. The van der Waals surface area contributed by atoms with Gasteiger partial charge >= 0.3 is 0 Å². The maximum absolute atomic E-state index is 14.1. The molecule has 3 heteroatoms. The molecule has 2 aromatic rings. The fourth-order valence-corrected chi connectivity index (χ4v) is 2.46. The normalized spacial score (nSPS) is 12.2. The summed E-state index contributed by atoms with van der Waals surface area (Å²) in [7, 11) is 1.47. The van der Waals surface area contributed by atoms with Crippen molar-refractivity contribution in [2.75, 3.05) is 7.11 Å². The van der Waals surface area contributed by atoms with Crippen molar-refractivity contribution in [1.82, 2.24) is 0 Å². The lowest BCUT2D eigenvalue weighted by Crippen LogP contribution is -2.26. The summed E-state index contributed by atoms with van der Waals surface area (Å²) >= 11 is 0. The molecular weight excluding hydrogens is 265 g/mol. The Morgan fingerprint density at radius 1 is 1.10 bits per heavy atom. The Labute approximate surface area is 125 Å². The van der Waals surface area contributed by atoms with Crippen molar-refractivity contribution in [3.63, 3.8) is 0 Å². The van der Waals surface area contributed by atoms with Gasteiger partial charge in [-0.3, -0.25) is 0 Å². The number of nitrogens with two attached hydrogens (primary N) is 1. The zero-order chi connectivity index (χ0) is 15.4. The fourth-order valence-electron chi connectivity index (χ4n) is 2.46. The third kappa shape index (κ3) is 3.82. The molecule has 0 radical (unpaired) electrons. The van der Waals surface area contributed by atoms with Crippen LogP contribution in [0.2, 0.25) is 0 Å². The minimum Gasteiger partial charge on any atom is -0.494 e. The Morgan fingerprint density at radius 2 is 1.86 bits per heavy atom. The van der Waals surface area contributed by atoms with Crippen LogP contribution in [0.15, 0.2) is 36.4 Å². The van der Waals surface area contributed by atoms with E-state index in [2.05, 4.69) is 32.0 Å². The first-order chi connectivity index (χ1) is 10.0. The monoisotopic (exact) mass is 287 g/mol. The first-order valence-corrected chi connectivity index (χ1v) is 7.14. The van der Waals surface area contributed by atoms with Crippen LogP contribution in [0.4, 0.5) is 4.39 Å². The van der Waals surface area contributed by atoms with Crippen LogP contribution < -0.4 is 10.5 Å². The van der Waals surface area contributed by atoms with Gasteiger partial charge in [0.05, 0.1) is 7.11 Å².